The van der Waals surface area contributed by atoms with E-state index in [1.54, 1.807) is 24.7 Å². The fraction of sp³-hybridized carbons (Fsp3) is 0.333. The Kier molecular flexibility index (Phi) is 3.83. The summed E-state index contributed by atoms with van der Waals surface area (Å²) < 4.78 is 8.46. The van der Waals surface area contributed by atoms with Crippen molar-refractivity contribution in [3.63, 3.8) is 0 Å². The predicted molar refractivity (Wildman–Crippen MR) is 83.6 cm³/mol. The van der Waals surface area contributed by atoms with Crippen LogP contribution in [0.3, 0.4) is 0 Å². The first-order chi connectivity index (χ1) is 10.9. The highest BCUT2D eigenvalue weighted by atomic mass is 16.5. The highest BCUT2D eigenvalue weighted by Crippen LogP contribution is 2.12. The molecule has 3 aromatic heterocycles. The standard InChI is InChI=1S/C15H18N6O2/c1-15(2,3)23-10-11-4-5-13(16-8-11)21-14(22)12(9-18-21)20-7-6-17-19-20/h4-9,18H,10H2,1-3H3. The molecular weight excluding hydrogens is 296 g/mol. The Balaban J connectivity index is 1.82. The number of aromatic nitrogens is 6. The van der Waals surface area contributed by atoms with Crippen LogP contribution >= 0.6 is 0 Å². The number of nitrogens with one attached hydrogen (secondary N) is 1. The smallest absolute Gasteiger partial charge is 0.298 e. The van der Waals surface area contributed by atoms with Gasteiger partial charge in [0.05, 0.1) is 30.8 Å². The zero-order valence-electron chi connectivity index (χ0n) is 13.2. The van der Waals surface area contributed by atoms with Gasteiger partial charge in [0.1, 0.15) is 0 Å². The van der Waals surface area contributed by atoms with Crippen LogP contribution in [0.25, 0.3) is 11.5 Å². The van der Waals surface area contributed by atoms with Gasteiger partial charge in [0.25, 0.3) is 5.56 Å². The molecule has 0 aliphatic carbocycles. The van der Waals surface area contributed by atoms with Gasteiger partial charge in [0.15, 0.2) is 11.5 Å². The number of hydrogen-bond donors (Lipinski definition) is 1. The van der Waals surface area contributed by atoms with Crippen LogP contribution in [-0.4, -0.2) is 35.4 Å². The summed E-state index contributed by atoms with van der Waals surface area (Å²) >= 11 is 0. The molecule has 0 unspecified atom stereocenters. The van der Waals surface area contributed by atoms with Crippen molar-refractivity contribution in [3.8, 4) is 11.5 Å². The highest BCUT2D eigenvalue weighted by molar-refractivity contribution is 5.30. The van der Waals surface area contributed by atoms with Crippen LogP contribution in [0, 0.1) is 0 Å². The molecule has 120 valence electrons. The highest BCUT2D eigenvalue weighted by Gasteiger charge is 2.12. The van der Waals surface area contributed by atoms with E-state index in [1.807, 2.05) is 26.8 Å². The number of H-pyrrole nitrogens is 1. The Morgan fingerprint density at radius 2 is 2.13 bits per heavy atom. The van der Waals surface area contributed by atoms with Crippen molar-refractivity contribution in [1.82, 2.24) is 29.8 Å². The molecule has 0 bridgehead atoms. The van der Waals surface area contributed by atoms with Gasteiger partial charge in [-0.3, -0.25) is 9.89 Å². The summed E-state index contributed by atoms with van der Waals surface area (Å²) in [6, 6.07) is 3.65. The Labute approximate surface area is 132 Å². The Bertz CT molecular complexity index is 824. The van der Waals surface area contributed by atoms with Gasteiger partial charge in [-0.2, -0.15) is 4.68 Å². The van der Waals surface area contributed by atoms with Gasteiger partial charge in [0, 0.05) is 6.20 Å². The summed E-state index contributed by atoms with van der Waals surface area (Å²) in [5.41, 5.74) is 0.868. The molecule has 0 aliphatic rings. The van der Waals surface area contributed by atoms with Crippen LogP contribution in [-0.2, 0) is 11.3 Å². The van der Waals surface area contributed by atoms with Crippen molar-refractivity contribution in [3.05, 3.63) is 52.8 Å². The summed E-state index contributed by atoms with van der Waals surface area (Å²) in [6.45, 7) is 6.47. The summed E-state index contributed by atoms with van der Waals surface area (Å²) in [7, 11) is 0. The Hall–Kier alpha value is -2.74. The topological polar surface area (TPSA) is 90.6 Å². The van der Waals surface area contributed by atoms with Crippen LogP contribution in [0.1, 0.15) is 26.3 Å². The van der Waals surface area contributed by atoms with Crippen molar-refractivity contribution in [2.75, 3.05) is 0 Å². The Morgan fingerprint density at radius 1 is 1.30 bits per heavy atom. The van der Waals surface area contributed by atoms with E-state index in [0.29, 0.717) is 18.1 Å². The van der Waals surface area contributed by atoms with E-state index in [4.69, 9.17) is 4.74 Å². The van der Waals surface area contributed by atoms with Crippen LogP contribution in [0.4, 0.5) is 0 Å². The summed E-state index contributed by atoms with van der Waals surface area (Å²) in [5.74, 6) is 0.501. The summed E-state index contributed by atoms with van der Waals surface area (Å²) in [4.78, 5) is 16.7. The molecular formula is C15H18N6O2. The lowest BCUT2D eigenvalue weighted by Gasteiger charge is -2.19. The number of pyridine rings is 1. The van der Waals surface area contributed by atoms with Crippen LogP contribution in [0.5, 0.6) is 0 Å². The van der Waals surface area contributed by atoms with E-state index in [2.05, 4.69) is 20.4 Å². The molecule has 3 heterocycles. The lowest BCUT2D eigenvalue weighted by molar-refractivity contribution is -0.0150. The van der Waals surface area contributed by atoms with Crippen LogP contribution < -0.4 is 5.56 Å². The second-order valence-electron chi connectivity index (χ2n) is 6.07. The van der Waals surface area contributed by atoms with Crippen molar-refractivity contribution in [2.24, 2.45) is 0 Å². The minimum atomic E-state index is -0.248. The van der Waals surface area contributed by atoms with E-state index in [9.17, 15) is 4.79 Å². The third-order valence-corrected chi connectivity index (χ3v) is 3.13. The van der Waals surface area contributed by atoms with Gasteiger partial charge in [-0.15, -0.1) is 5.10 Å². The number of hydrogen-bond acceptors (Lipinski definition) is 5. The van der Waals surface area contributed by atoms with E-state index in [0.717, 1.165) is 5.56 Å². The molecule has 0 saturated carbocycles. The molecule has 0 amide bonds. The molecule has 3 aromatic rings. The second-order valence-corrected chi connectivity index (χ2v) is 6.07. The van der Waals surface area contributed by atoms with E-state index in [1.165, 1.54) is 15.6 Å². The summed E-state index contributed by atoms with van der Waals surface area (Å²) in [6.07, 6.45) is 6.38. The van der Waals surface area contributed by atoms with Gasteiger partial charge in [-0.05, 0) is 32.4 Å². The van der Waals surface area contributed by atoms with E-state index < -0.39 is 0 Å². The minimum Gasteiger partial charge on any atom is -0.371 e. The van der Waals surface area contributed by atoms with Crippen LogP contribution in [0.15, 0.2) is 41.7 Å². The predicted octanol–water partition coefficient (Wildman–Crippen LogP) is 1.46. The molecule has 0 saturated heterocycles. The van der Waals surface area contributed by atoms with Crippen molar-refractivity contribution >= 4 is 0 Å². The number of ether oxygens (including phenoxy) is 1. The monoisotopic (exact) mass is 314 g/mol. The lowest BCUT2D eigenvalue weighted by atomic mass is 10.2. The molecule has 0 atom stereocenters. The number of rotatable bonds is 4. The molecule has 8 heteroatoms. The molecule has 0 radical (unpaired) electrons. The SMILES string of the molecule is CC(C)(C)OCc1ccc(-n2[nH]cc(-n3ccnn3)c2=O)nc1. The lowest BCUT2D eigenvalue weighted by Crippen LogP contribution is -2.20. The van der Waals surface area contributed by atoms with Gasteiger partial charge < -0.3 is 4.74 Å². The maximum absolute atomic E-state index is 12.4. The second kappa shape index (κ2) is 5.81. The molecule has 0 fully saturated rings. The maximum atomic E-state index is 12.4. The molecule has 8 nitrogen and oxygen atoms in total. The normalized spacial score (nSPS) is 11.8. The fourth-order valence-corrected chi connectivity index (χ4v) is 1.97. The van der Waals surface area contributed by atoms with Gasteiger partial charge >= 0.3 is 0 Å². The van der Waals surface area contributed by atoms with Gasteiger partial charge in [-0.25, -0.2) is 9.67 Å². The zero-order chi connectivity index (χ0) is 16.4. The number of nitrogens with zero attached hydrogens (tertiary/aromatic N) is 5. The van der Waals surface area contributed by atoms with Crippen molar-refractivity contribution in [1.29, 1.82) is 0 Å². The quantitative estimate of drug-likeness (QED) is 0.787. The largest absolute Gasteiger partial charge is 0.371 e. The Morgan fingerprint density at radius 3 is 2.74 bits per heavy atom. The fourth-order valence-electron chi connectivity index (χ4n) is 1.97. The molecule has 0 aromatic carbocycles. The minimum absolute atomic E-state index is 0.207. The van der Waals surface area contributed by atoms with Gasteiger partial charge in [-0.1, -0.05) is 11.3 Å². The van der Waals surface area contributed by atoms with Crippen LogP contribution in [0.2, 0.25) is 0 Å². The first-order valence-electron chi connectivity index (χ1n) is 7.20. The molecule has 3 rings (SSSR count). The first kappa shape index (κ1) is 15.2. The molecule has 1 N–H and O–H groups in total. The van der Waals surface area contributed by atoms with Crippen molar-refractivity contribution < 1.29 is 4.74 Å². The molecule has 23 heavy (non-hydrogen) atoms. The zero-order valence-corrected chi connectivity index (χ0v) is 13.2. The third kappa shape index (κ3) is 3.37. The molecule has 0 spiro atoms. The summed E-state index contributed by atoms with van der Waals surface area (Å²) in [5, 5.41) is 10.4. The average molecular weight is 314 g/mol. The van der Waals surface area contributed by atoms with Gasteiger partial charge in [0.2, 0.25) is 0 Å². The maximum Gasteiger partial charge on any atom is 0.298 e. The average Bonchev–Trinajstić information content (AvgIpc) is 3.14. The number of aromatic amines is 1. The van der Waals surface area contributed by atoms with Crippen molar-refractivity contribution in [2.45, 2.75) is 33.0 Å². The molecule has 0 aliphatic heterocycles. The third-order valence-electron chi connectivity index (χ3n) is 3.13. The first-order valence-corrected chi connectivity index (χ1v) is 7.20. The van der Waals surface area contributed by atoms with E-state index in [-0.39, 0.29) is 11.2 Å². The van der Waals surface area contributed by atoms with E-state index >= 15 is 0 Å².